The van der Waals surface area contributed by atoms with E-state index in [9.17, 15) is 9.59 Å². The van der Waals surface area contributed by atoms with Crippen molar-refractivity contribution in [1.29, 1.82) is 0 Å². The van der Waals surface area contributed by atoms with Crippen LogP contribution in [0.2, 0.25) is 0 Å². The Bertz CT molecular complexity index is 1170. The predicted octanol–water partition coefficient (Wildman–Crippen LogP) is 4.72. The highest BCUT2D eigenvalue weighted by atomic mass is 32.2. The van der Waals surface area contributed by atoms with Gasteiger partial charge in [-0.1, -0.05) is 36.4 Å². The zero-order chi connectivity index (χ0) is 20.9. The van der Waals surface area contributed by atoms with Crippen molar-refractivity contribution >= 4 is 50.8 Å². The van der Waals surface area contributed by atoms with Crippen LogP contribution in [-0.2, 0) is 11.2 Å². The Hall–Kier alpha value is -3.16. The summed E-state index contributed by atoms with van der Waals surface area (Å²) in [7, 11) is 0. The van der Waals surface area contributed by atoms with E-state index in [1.165, 1.54) is 16.5 Å². The molecule has 7 heteroatoms. The number of nitrogens with one attached hydrogen (secondary N) is 1. The van der Waals surface area contributed by atoms with Crippen molar-refractivity contribution in [3.8, 4) is 0 Å². The first-order valence-electron chi connectivity index (χ1n) is 9.33. The first kappa shape index (κ1) is 20.1. The molecule has 0 aliphatic carbocycles. The molecule has 150 valence electrons. The fourth-order valence-corrected chi connectivity index (χ4v) is 4.79. The predicted molar refractivity (Wildman–Crippen MR) is 123 cm³/mol. The minimum atomic E-state index is -0.418. The summed E-state index contributed by atoms with van der Waals surface area (Å²) in [6.45, 7) is 0. The largest absolute Gasteiger partial charge is 0.369 e. The monoisotopic (exact) mass is 433 g/mol. The van der Waals surface area contributed by atoms with E-state index < -0.39 is 5.91 Å². The van der Waals surface area contributed by atoms with Gasteiger partial charge in [0.25, 0.3) is 5.91 Å². The Morgan fingerprint density at radius 3 is 2.47 bits per heavy atom. The highest BCUT2D eigenvalue weighted by molar-refractivity contribution is 8.00. The number of hydrogen-bond acceptors (Lipinski definition) is 5. The minimum absolute atomic E-state index is 0.130. The lowest BCUT2D eigenvalue weighted by Crippen LogP contribution is -2.15. The standard InChI is InChI=1S/C23H19N3O2S2/c24-21(27)14-29-19-7-3-1-5-17(19)23(28)25-16-11-9-15(10-12-16)13-22-26-18-6-2-4-8-20(18)30-22/h1-12H,13-14H2,(H2,24,27)(H,25,28). The lowest BCUT2D eigenvalue weighted by molar-refractivity contribution is -0.115. The molecule has 0 bridgehead atoms. The lowest BCUT2D eigenvalue weighted by Gasteiger charge is -2.10. The van der Waals surface area contributed by atoms with E-state index in [1.54, 1.807) is 23.5 Å². The van der Waals surface area contributed by atoms with Crippen LogP contribution < -0.4 is 11.1 Å². The van der Waals surface area contributed by atoms with Gasteiger partial charge in [0.2, 0.25) is 5.91 Å². The van der Waals surface area contributed by atoms with Gasteiger partial charge in [-0.15, -0.1) is 23.1 Å². The van der Waals surface area contributed by atoms with Gasteiger partial charge in [-0.3, -0.25) is 9.59 Å². The number of nitrogens with two attached hydrogens (primary N) is 1. The third kappa shape index (κ3) is 4.87. The Morgan fingerprint density at radius 1 is 0.967 bits per heavy atom. The van der Waals surface area contributed by atoms with Crippen molar-refractivity contribution in [1.82, 2.24) is 4.98 Å². The number of amides is 2. The van der Waals surface area contributed by atoms with Crippen LogP contribution in [-0.4, -0.2) is 22.6 Å². The number of para-hydroxylation sites is 1. The molecule has 0 spiro atoms. The first-order valence-corrected chi connectivity index (χ1v) is 11.1. The van der Waals surface area contributed by atoms with E-state index >= 15 is 0 Å². The zero-order valence-electron chi connectivity index (χ0n) is 16.0. The van der Waals surface area contributed by atoms with Gasteiger partial charge in [-0.05, 0) is 42.0 Å². The second kappa shape index (κ2) is 9.11. The van der Waals surface area contributed by atoms with Gasteiger partial charge in [-0.25, -0.2) is 4.98 Å². The summed E-state index contributed by atoms with van der Waals surface area (Å²) in [4.78, 5) is 29.2. The Balaban J connectivity index is 1.43. The molecule has 0 aliphatic rings. The van der Waals surface area contributed by atoms with Gasteiger partial charge in [-0.2, -0.15) is 0 Å². The quantitative estimate of drug-likeness (QED) is 0.413. The topological polar surface area (TPSA) is 85.1 Å². The zero-order valence-corrected chi connectivity index (χ0v) is 17.6. The van der Waals surface area contributed by atoms with E-state index in [2.05, 4.69) is 16.4 Å². The number of primary amides is 1. The molecule has 0 unspecified atom stereocenters. The number of aromatic nitrogens is 1. The molecule has 3 aromatic carbocycles. The fraction of sp³-hybridized carbons (Fsp3) is 0.0870. The van der Waals surface area contributed by atoms with E-state index in [0.29, 0.717) is 11.3 Å². The van der Waals surface area contributed by atoms with Crippen LogP contribution in [0, 0.1) is 0 Å². The number of nitrogens with zero attached hydrogens (tertiary/aromatic N) is 1. The van der Waals surface area contributed by atoms with Crippen LogP contribution in [0.1, 0.15) is 20.9 Å². The molecule has 5 nitrogen and oxygen atoms in total. The molecule has 0 radical (unpaired) electrons. The highest BCUT2D eigenvalue weighted by Gasteiger charge is 2.12. The first-order chi connectivity index (χ1) is 14.6. The lowest BCUT2D eigenvalue weighted by atomic mass is 10.1. The highest BCUT2D eigenvalue weighted by Crippen LogP contribution is 2.25. The summed E-state index contributed by atoms with van der Waals surface area (Å²) >= 11 is 2.95. The maximum Gasteiger partial charge on any atom is 0.256 e. The van der Waals surface area contributed by atoms with Crippen molar-refractivity contribution in [2.45, 2.75) is 11.3 Å². The molecule has 2 amide bonds. The number of thiazole rings is 1. The van der Waals surface area contributed by atoms with Crippen LogP contribution in [0.5, 0.6) is 0 Å². The minimum Gasteiger partial charge on any atom is -0.369 e. The summed E-state index contributed by atoms with van der Waals surface area (Å²) in [5.74, 6) is -0.509. The second-order valence-electron chi connectivity index (χ2n) is 6.65. The SMILES string of the molecule is NC(=O)CSc1ccccc1C(=O)Nc1ccc(Cc2nc3ccccc3s2)cc1. The number of carbonyl (C=O) groups excluding carboxylic acids is 2. The van der Waals surface area contributed by atoms with Gasteiger partial charge in [0.15, 0.2) is 0 Å². The molecule has 1 heterocycles. The molecular weight excluding hydrogens is 414 g/mol. The average Bonchev–Trinajstić information content (AvgIpc) is 3.16. The van der Waals surface area contributed by atoms with Crippen molar-refractivity contribution < 1.29 is 9.59 Å². The Kier molecular flexibility index (Phi) is 6.11. The van der Waals surface area contributed by atoms with Gasteiger partial charge in [0, 0.05) is 17.0 Å². The molecule has 0 fully saturated rings. The maximum absolute atomic E-state index is 12.7. The second-order valence-corrected chi connectivity index (χ2v) is 8.79. The van der Waals surface area contributed by atoms with Crippen LogP contribution in [0.3, 0.4) is 0 Å². The third-order valence-corrected chi connectivity index (χ3v) is 6.54. The van der Waals surface area contributed by atoms with Crippen molar-refractivity contribution in [3.05, 3.63) is 88.9 Å². The van der Waals surface area contributed by atoms with Crippen LogP contribution in [0.15, 0.2) is 77.7 Å². The molecule has 0 saturated heterocycles. The van der Waals surface area contributed by atoms with Crippen molar-refractivity contribution in [3.63, 3.8) is 0 Å². The molecule has 0 aliphatic heterocycles. The average molecular weight is 434 g/mol. The van der Waals surface area contributed by atoms with E-state index in [1.807, 2.05) is 54.6 Å². The maximum atomic E-state index is 12.7. The normalized spacial score (nSPS) is 10.8. The van der Waals surface area contributed by atoms with Gasteiger partial charge in [0.1, 0.15) is 0 Å². The molecule has 1 aromatic heterocycles. The number of benzene rings is 3. The summed E-state index contributed by atoms with van der Waals surface area (Å²) in [6, 6.07) is 23.1. The molecular formula is C23H19N3O2S2. The number of thioether (sulfide) groups is 1. The van der Waals surface area contributed by atoms with Crippen molar-refractivity contribution in [2.75, 3.05) is 11.1 Å². The molecule has 4 aromatic rings. The van der Waals surface area contributed by atoms with Crippen LogP contribution in [0.4, 0.5) is 5.69 Å². The third-order valence-electron chi connectivity index (χ3n) is 4.41. The molecule has 0 atom stereocenters. The Morgan fingerprint density at radius 2 is 1.70 bits per heavy atom. The fourth-order valence-electron chi connectivity index (χ4n) is 3.00. The summed E-state index contributed by atoms with van der Waals surface area (Å²) in [5.41, 5.74) is 8.60. The smallest absolute Gasteiger partial charge is 0.256 e. The van der Waals surface area contributed by atoms with Gasteiger partial charge < -0.3 is 11.1 Å². The van der Waals surface area contributed by atoms with Crippen LogP contribution in [0.25, 0.3) is 10.2 Å². The molecule has 3 N–H and O–H groups in total. The van der Waals surface area contributed by atoms with E-state index in [-0.39, 0.29) is 11.7 Å². The number of anilines is 1. The van der Waals surface area contributed by atoms with Crippen molar-refractivity contribution in [2.24, 2.45) is 5.73 Å². The molecule has 30 heavy (non-hydrogen) atoms. The Labute approximate surface area is 182 Å². The van der Waals surface area contributed by atoms with Gasteiger partial charge >= 0.3 is 0 Å². The summed E-state index contributed by atoms with van der Waals surface area (Å²) in [5, 5.41) is 3.98. The molecule has 0 saturated carbocycles. The number of rotatable bonds is 7. The van der Waals surface area contributed by atoms with Gasteiger partial charge in [0.05, 0.1) is 26.5 Å². The molecule has 4 rings (SSSR count). The van der Waals surface area contributed by atoms with E-state index in [0.717, 1.165) is 27.4 Å². The number of fused-ring (bicyclic) bond motifs is 1. The number of hydrogen-bond donors (Lipinski definition) is 2. The summed E-state index contributed by atoms with van der Waals surface area (Å²) in [6.07, 6.45) is 0.750. The van der Waals surface area contributed by atoms with Crippen LogP contribution >= 0.6 is 23.1 Å². The number of carbonyl (C=O) groups is 2. The van der Waals surface area contributed by atoms with E-state index in [4.69, 9.17) is 5.73 Å². The summed E-state index contributed by atoms with van der Waals surface area (Å²) < 4.78 is 1.18.